The van der Waals surface area contributed by atoms with Gasteiger partial charge < -0.3 is 4.57 Å². The predicted molar refractivity (Wildman–Crippen MR) is 88.5 cm³/mol. The molecule has 0 spiro atoms. The van der Waals surface area contributed by atoms with Gasteiger partial charge in [0.1, 0.15) is 10.9 Å². The Bertz CT molecular complexity index is 690. The fraction of sp³-hybridized carbons (Fsp3) is 0.167. The van der Waals surface area contributed by atoms with Gasteiger partial charge in [0.15, 0.2) is 0 Å². The topological polar surface area (TPSA) is 17.8 Å². The van der Waals surface area contributed by atoms with Gasteiger partial charge >= 0.3 is 0 Å². The quantitative estimate of drug-likeness (QED) is 0.643. The third-order valence-corrected chi connectivity index (χ3v) is 4.35. The van der Waals surface area contributed by atoms with Crippen LogP contribution in [0.25, 0.3) is 0 Å². The van der Waals surface area contributed by atoms with E-state index in [0.29, 0.717) is 0 Å². The number of aromatic nitrogens is 2. The van der Waals surface area contributed by atoms with Crippen LogP contribution in [0.2, 0.25) is 0 Å². The Balaban J connectivity index is 1.67. The molecule has 2 aromatic carbocycles. The minimum absolute atomic E-state index is 0.881. The zero-order chi connectivity index (χ0) is 14.5. The average molecular weight is 294 g/mol. The molecule has 0 aliphatic heterocycles. The van der Waals surface area contributed by atoms with E-state index >= 15 is 0 Å². The molecule has 3 heteroatoms. The zero-order valence-electron chi connectivity index (χ0n) is 12.1. The smallest absolute Gasteiger partial charge is 0.115 e. The number of benzene rings is 2. The lowest BCUT2D eigenvalue weighted by molar-refractivity contribution is 0.761. The second kappa shape index (κ2) is 6.64. The summed E-state index contributed by atoms with van der Waals surface area (Å²) in [6.45, 7) is 2.95. The van der Waals surface area contributed by atoms with Crippen molar-refractivity contribution < 1.29 is 0 Å². The molecule has 0 bridgehead atoms. The van der Waals surface area contributed by atoms with Crippen LogP contribution in [0.5, 0.6) is 0 Å². The monoisotopic (exact) mass is 294 g/mol. The molecule has 106 valence electrons. The molecule has 3 rings (SSSR count). The predicted octanol–water partition coefficient (Wildman–Crippen LogP) is 4.53. The van der Waals surface area contributed by atoms with E-state index in [4.69, 9.17) is 0 Å². The lowest BCUT2D eigenvalue weighted by atomic mass is 10.2. The van der Waals surface area contributed by atoms with E-state index in [0.717, 1.165) is 23.1 Å². The van der Waals surface area contributed by atoms with Crippen LogP contribution in [0.15, 0.2) is 71.9 Å². The molecule has 2 nitrogen and oxygen atoms in total. The third-order valence-electron chi connectivity index (χ3n) is 3.38. The Hall–Kier alpha value is -2.00. The summed E-state index contributed by atoms with van der Waals surface area (Å²) in [7, 11) is 0. The third kappa shape index (κ3) is 3.76. The van der Waals surface area contributed by atoms with E-state index < -0.39 is 0 Å². The molecule has 0 unspecified atom stereocenters. The Morgan fingerprint density at radius 2 is 1.52 bits per heavy atom. The number of hydrogen-bond acceptors (Lipinski definition) is 2. The summed E-state index contributed by atoms with van der Waals surface area (Å²) in [6.07, 6.45) is 2.15. The maximum absolute atomic E-state index is 4.65. The van der Waals surface area contributed by atoms with Crippen LogP contribution in [-0.2, 0) is 12.3 Å². The number of hydrogen-bond donors (Lipinski definition) is 0. The number of imidazole rings is 1. The van der Waals surface area contributed by atoms with Gasteiger partial charge in [0, 0.05) is 18.5 Å². The standard InChI is InChI=1S/C18H18N2S/c1-15-19-18(21-14-17-10-6-3-7-11-17)13-20(15)12-16-8-4-2-5-9-16/h2-11,13H,12,14H2,1H3. The first-order valence-corrected chi connectivity index (χ1v) is 8.04. The largest absolute Gasteiger partial charge is 0.330 e. The lowest BCUT2D eigenvalue weighted by Gasteiger charge is -2.04. The van der Waals surface area contributed by atoms with E-state index in [1.807, 2.05) is 12.1 Å². The van der Waals surface area contributed by atoms with E-state index in [1.165, 1.54) is 11.1 Å². The fourth-order valence-electron chi connectivity index (χ4n) is 2.22. The van der Waals surface area contributed by atoms with Gasteiger partial charge in [0.25, 0.3) is 0 Å². The van der Waals surface area contributed by atoms with Crippen molar-refractivity contribution in [2.24, 2.45) is 0 Å². The second-order valence-corrected chi connectivity index (χ2v) is 6.01. The highest BCUT2D eigenvalue weighted by Crippen LogP contribution is 2.22. The molecule has 1 heterocycles. The van der Waals surface area contributed by atoms with Gasteiger partial charge in [-0.1, -0.05) is 60.7 Å². The molecule has 0 radical (unpaired) electrons. The van der Waals surface area contributed by atoms with E-state index in [-0.39, 0.29) is 0 Å². The first-order chi connectivity index (χ1) is 10.3. The first-order valence-electron chi connectivity index (χ1n) is 7.06. The van der Waals surface area contributed by atoms with Crippen LogP contribution in [-0.4, -0.2) is 9.55 Å². The highest BCUT2D eigenvalue weighted by atomic mass is 32.2. The molecule has 1 aromatic heterocycles. The fourth-order valence-corrected chi connectivity index (χ4v) is 3.13. The average Bonchev–Trinajstić information content (AvgIpc) is 2.87. The van der Waals surface area contributed by atoms with Crippen LogP contribution < -0.4 is 0 Å². The Morgan fingerprint density at radius 3 is 2.19 bits per heavy atom. The molecule has 0 saturated carbocycles. The highest BCUT2D eigenvalue weighted by Gasteiger charge is 2.05. The molecule has 0 aliphatic carbocycles. The lowest BCUT2D eigenvalue weighted by Crippen LogP contribution is -2.00. The molecule has 3 aromatic rings. The van der Waals surface area contributed by atoms with Crippen molar-refractivity contribution in [1.82, 2.24) is 9.55 Å². The SMILES string of the molecule is Cc1nc(SCc2ccccc2)cn1Cc1ccccc1. The zero-order valence-corrected chi connectivity index (χ0v) is 12.9. The number of rotatable bonds is 5. The van der Waals surface area contributed by atoms with Crippen molar-refractivity contribution >= 4 is 11.8 Å². The molecule has 0 N–H and O–H groups in total. The van der Waals surface area contributed by atoms with Gasteiger partial charge in [-0.3, -0.25) is 0 Å². The summed E-state index contributed by atoms with van der Waals surface area (Å²) in [5.41, 5.74) is 2.63. The van der Waals surface area contributed by atoms with E-state index in [9.17, 15) is 0 Å². The Morgan fingerprint density at radius 1 is 0.905 bits per heavy atom. The Kier molecular flexibility index (Phi) is 4.41. The first kappa shape index (κ1) is 14.0. The van der Waals surface area contributed by atoms with Gasteiger partial charge in [0.2, 0.25) is 0 Å². The maximum atomic E-state index is 4.65. The molecule has 0 saturated heterocycles. The van der Waals surface area contributed by atoms with E-state index in [1.54, 1.807) is 11.8 Å². The summed E-state index contributed by atoms with van der Waals surface area (Å²) in [5.74, 6) is 2.03. The summed E-state index contributed by atoms with van der Waals surface area (Å²) >= 11 is 1.79. The molecule has 21 heavy (non-hydrogen) atoms. The minimum atomic E-state index is 0.881. The van der Waals surface area contributed by atoms with Crippen LogP contribution in [0.3, 0.4) is 0 Å². The van der Waals surface area contributed by atoms with Crippen LogP contribution in [0.1, 0.15) is 17.0 Å². The Labute approximate surface area is 129 Å². The van der Waals surface area contributed by atoms with Crippen molar-refractivity contribution in [2.75, 3.05) is 0 Å². The summed E-state index contributed by atoms with van der Waals surface area (Å²) < 4.78 is 2.21. The van der Waals surface area contributed by atoms with Crippen LogP contribution in [0.4, 0.5) is 0 Å². The van der Waals surface area contributed by atoms with Gasteiger partial charge in [0.05, 0.1) is 0 Å². The second-order valence-electron chi connectivity index (χ2n) is 5.01. The normalized spacial score (nSPS) is 10.7. The van der Waals surface area contributed by atoms with Crippen molar-refractivity contribution in [1.29, 1.82) is 0 Å². The van der Waals surface area contributed by atoms with Crippen molar-refractivity contribution in [2.45, 2.75) is 24.2 Å². The molecule has 0 fully saturated rings. The van der Waals surface area contributed by atoms with Crippen LogP contribution >= 0.6 is 11.8 Å². The molecule has 0 amide bonds. The summed E-state index contributed by atoms with van der Waals surface area (Å²) in [6, 6.07) is 21.0. The van der Waals surface area contributed by atoms with Crippen molar-refractivity contribution in [3.63, 3.8) is 0 Å². The highest BCUT2D eigenvalue weighted by molar-refractivity contribution is 7.98. The molecular weight excluding hydrogens is 276 g/mol. The summed E-state index contributed by atoms with van der Waals surface area (Å²) in [4.78, 5) is 4.65. The van der Waals surface area contributed by atoms with Gasteiger partial charge in [-0.2, -0.15) is 0 Å². The minimum Gasteiger partial charge on any atom is -0.330 e. The van der Waals surface area contributed by atoms with Crippen LogP contribution in [0, 0.1) is 6.92 Å². The van der Waals surface area contributed by atoms with Gasteiger partial charge in [-0.05, 0) is 18.1 Å². The number of thioether (sulfide) groups is 1. The molecular formula is C18H18N2S. The molecule has 0 aliphatic rings. The molecule has 0 atom stereocenters. The number of aryl methyl sites for hydroxylation is 1. The van der Waals surface area contributed by atoms with Crippen molar-refractivity contribution in [3.8, 4) is 0 Å². The van der Waals surface area contributed by atoms with Gasteiger partial charge in [-0.25, -0.2) is 4.98 Å². The van der Waals surface area contributed by atoms with Gasteiger partial charge in [-0.15, -0.1) is 11.8 Å². The van der Waals surface area contributed by atoms with E-state index in [2.05, 4.69) is 71.2 Å². The summed E-state index contributed by atoms with van der Waals surface area (Å²) in [5, 5.41) is 1.09. The van der Waals surface area contributed by atoms with Crippen molar-refractivity contribution in [3.05, 3.63) is 83.8 Å². The maximum Gasteiger partial charge on any atom is 0.115 e. The number of nitrogens with zero attached hydrogens (tertiary/aromatic N) is 2.